The highest BCUT2D eigenvalue weighted by Crippen LogP contribution is 2.37. The van der Waals surface area contributed by atoms with Crippen LogP contribution in [0.1, 0.15) is 16.0 Å². The Morgan fingerprint density at radius 2 is 2.04 bits per heavy atom. The Morgan fingerprint density at radius 1 is 1.22 bits per heavy atom. The van der Waals surface area contributed by atoms with Crippen LogP contribution >= 0.6 is 23.6 Å². The summed E-state index contributed by atoms with van der Waals surface area (Å²) in [5, 5.41) is 10.7. The molecule has 0 saturated carbocycles. The fourth-order valence-corrected chi connectivity index (χ4v) is 4.35. The quantitative estimate of drug-likeness (QED) is 0.582. The van der Waals surface area contributed by atoms with Crippen molar-refractivity contribution >= 4 is 47.1 Å². The third kappa shape index (κ3) is 3.59. The highest BCUT2D eigenvalue weighted by Gasteiger charge is 2.16. The number of methoxy groups -OCH3 is 1. The molecule has 4 nitrogen and oxygen atoms in total. The van der Waals surface area contributed by atoms with Crippen molar-refractivity contribution in [3.63, 3.8) is 0 Å². The number of allylic oxidation sites excluding steroid dienone is 1. The maximum atomic E-state index is 10.7. The minimum absolute atomic E-state index is 0.207. The summed E-state index contributed by atoms with van der Waals surface area (Å²) in [7, 11) is 1.64. The van der Waals surface area contributed by atoms with Gasteiger partial charge in [0.1, 0.15) is 5.75 Å². The van der Waals surface area contributed by atoms with E-state index in [-0.39, 0.29) is 5.88 Å². The lowest BCUT2D eigenvalue weighted by Gasteiger charge is -2.05. The number of aromatic nitrogens is 1. The molecule has 0 unspecified atom stereocenters. The molecular formula is C21H18N2O2S2. The van der Waals surface area contributed by atoms with Crippen molar-refractivity contribution in [3.05, 3.63) is 68.5 Å². The molecule has 1 N–H and O–H groups in total. The van der Waals surface area contributed by atoms with Gasteiger partial charge in [-0.25, -0.2) is 0 Å². The summed E-state index contributed by atoms with van der Waals surface area (Å²) < 4.78 is 7.76. The number of rotatable bonds is 5. The van der Waals surface area contributed by atoms with Gasteiger partial charge in [0.25, 0.3) is 0 Å². The monoisotopic (exact) mass is 394 g/mol. The van der Waals surface area contributed by atoms with E-state index >= 15 is 0 Å². The molecule has 1 aliphatic rings. The Kier molecular flexibility index (Phi) is 4.92. The minimum Gasteiger partial charge on any atom is -0.497 e. The number of aliphatic imine (C=N–C) groups is 1. The number of nitrogens with zero attached hydrogens (tertiary/aromatic N) is 2. The zero-order chi connectivity index (χ0) is 18.8. The number of benzene rings is 2. The van der Waals surface area contributed by atoms with Crippen molar-refractivity contribution in [1.82, 2.24) is 4.57 Å². The van der Waals surface area contributed by atoms with Crippen LogP contribution in [0.5, 0.6) is 11.6 Å². The fraction of sp³-hybridized carbons (Fsp3) is 0.143. The molecule has 0 aliphatic carbocycles. The SMILES string of the molecule is COc1ccc2c(c1)/C(=C\c1sc(=S)n(CCc3ccccc3)c1O)C=N2. The molecule has 0 spiro atoms. The predicted octanol–water partition coefficient (Wildman–Crippen LogP) is 5.49. The molecule has 0 atom stereocenters. The smallest absolute Gasteiger partial charge is 0.210 e. The molecule has 6 heteroatoms. The third-order valence-corrected chi connectivity index (χ3v) is 5.89. The molecule has 2 aromatic carbocycles. The second kappa shape index (κ2) is 7.50. The Labute approximate surface area is 166 Å². The first-order chi connectivity index (χ1) is 13.2. The average molecular weight is 395 g/mol. The van der Waals surface area contributed by atoms with Crippen molar-refractivity contribution < 1.29 is 9.84 Å². The van der Waals surface area contributed by atoms with Crippen LogP contribution in [0.4, 0.5) is 5.69 Å². The molecule has 0 radical (unpaired) electrons. The van der Waals surface area contributed by atoms with Crippen LogP contribution in [0.3, 0.4) is 0 Å². The van der Waals surface area contributed by atoms with E-state index in [9.17, 15) is 5.11 Å². The van der Waals surface area contributed by atoms with Gasteiger partial charge in [-0.05, 0) is 48.5 Å². The summed E-state index contributed by atoms with van der Waals surface area (Å²) in [6.07, 6.45) is 4.56. The molecular weight excluding hydrogens is 376 g/mol. The van der Waals surface area contributed by atoms with Crippen LogP contribution in [0.25, 0.3) is 11.6 Å². The maximum absolute atomic E-state index is 10.7. The van der Waals surface area contributed by atoms with Gasteiger partial charge in [-0.1, -0.05) is 30.3 Å². The summed E-state index contributed by atoms with van der Waals surface area (Å²) in [6, 6.07) is 16.0. The van der Waals surface area contributed by atoms with Crippen LogP contribution in [0.2, 0.25) is 0 Å². The van der Waals surface area contributed by atoms with Crippen molar-refractivity contribution in [2.75, 3.05) is 7.11 Å². The number of aryl methyl sites for hydroxylation is 1. The summed E-state index contributed by atoms with van der Waals surface area (Å²) in [4.78, 5) is 5.17. The number of ether oxygens (including phenoxy) is 1. The topological polar surface area (TPSA) is 46.8 Å². The Bertz CT molecular complexity index is 1100. The van der Waals surface area contributed by atoms with Crippen LogP contribution in [-0.2, 0) is 13.0 Å². The summed E-state index contributed by atoms with van der Waals surface area (Å²) in [6.45, 7) is 0.646. The molecule has 2 heterocycles. The summed E-state index contributed by atoms with van der Waals surface area (Å²) in [5.41, 5.74) is 4.04. The maximum Gasteiger partial charge on any atom is 0.210 e. The van der Waals surface area contributed by atoms with Crippen LogP contribution in [0.15, 0.2) is 53.5 Å². The number of hydrogen-bond acceptors (Lipinski definition) is 5. The van der Waals surface area contributed by atoms with Gasteiger partial charge in [0, 0.05) is 23.9 Å². The highest BCUT2D eigenvalue weighted by molar-refractivity contribution is 7.73. The first-order valence-corrected chi connectivity index (χ1v) is 9.79. The van der Waals surface area contributed by atoms with Gasteiger partial charge in [0.05, 0.1) is 17.7 Å². The van der Waals surface area contributed by atoms with E-state index in [1.165, 1.54) is 16.9 Å². The zero-order valence-electron chi connectivity index (χ0n) is 14.8. The van der Waals surface area contributed by atoms with Gasteiger partial charge < -0.3 is 9.84 Å². The molecule has 136 valence electrons. The van der Waals surface area contributed by atoms with Crippen molar-refractivity contribution in [1.29, 1.82) is 0 Å². The molecule has 3 aromatic rings. The lowest BCUT2D eigenvalue weighted by molar-refractivity contribution is 0.414. The van der Waals surface area contributed by atoms with Crippen molar-refractivity contribution in [2.45, 2.75) is 13.0 Å². The largest absolute Gasteiger partial charge is 0.497 e. The van der Waals surface area contributed by atoms with Crippen molar-refractivity contribution in [3.8, 4) is 11.6 Å². The molecule has 1 aromatic heterocycles. The normalized spacial score (nSPS) is 13.9. The van der Waals surface area contributed by atoms with E-state index < -0.39 is 0 Å². The van der Waals surface area contributed by atoms with E-state index in [2.05, 4.69) is 17.1 Å². The van der Waals surface area contributed by atoms with E-state index in [0.717, 1.165) is 33.9 Å². The van der Waals surface area contributed by atoms with Gasteiger partial charge in [0.15, 0.2) is 3.95 Å². The van der Waals surface area contributed by atoms with Gasteiger partial charge in [0.2, 0.25) is 5.88 Å². The molecule has 0 amide bonds. The number of fused-ring (bicyclic) bond motifs is 1. The van der Waals surface area contributed by atoms with Crippen LogP contribution < -0.4 is 4.74 Å². The average Bonchev–Trinajstić information content (AvgIpc) is 3.21. The predicted molar refractivity (Wildman–Crippen MR) is 114 cm³/mol. The van der Waals surface area contributed by atoms with E-state index in [1.807, 2.05) is 42.5 Å². The van der Waals surface area contributed by atoms with Crippen LogP contribution in [0, 0.1) is 3.95 Å². The van der Waals surface area contributed by atoms with Gasteiger partial charge in [-0.2, -0.15) is 0 Å². The summed E-state index contributed by atoms with van der Waals surface area (Å²) >= 11 is 6.88. The number of thiazole rings is 1. The lowest BCUT2D eigenvalue weighted by Crippen LogP contribution is -2.00. The highest BCUT2D eigenvalue weighted by atomic mass is 32.1. The van der Waals surface area contributed by atoms with Crippen molar-refractivity contribution in [2.24, 2.45) is 4.99 Å². The second-order valence-corrected chi connectivity index (χ2v) is 7.86. The molecule has 4 rings (SSSR count). The second-order valence-electron chi connectivity index (χ2n) is 6.18. The Balaban J connectivity index is 1.62. The molecule has 0 saturated heterocycles. The minimum atomic E-state index is 0.207. The zero-order valence-corrected chi connectivity index (χ0v) is 16.4. The number of aromatic hydroxyl groups is 1. The van der Waals surface area contributed by atoms with Gasteiger partial charge in [-0.3, -0.25) is 9.56 Å². The fourth-order valence-electron chi connectivity index (χ4n) is 3.04. The van der Waals surface area contributed by atoms with E-state index in [1.54, 1.807) is 17.9 Å². The van der Waals surface area contributed by atoms with Crippen LogP contribution in [-0.4, -0.2) is 23.0 Å². The first-order valence-electron chi connectivity index (χ1n) is 8.56. The summed E-state index contributed by atoms with van der Waals surface area (Å²) in [5.74, 6) is 0.987. The van der Waals surface area contributed by atoms with E-state index in [4.69, 9.17) is 17.0 Å². The lowest BCUT2D eigenvalue weighted by atomic mass is 10.1. The molecule has 1 aliphatic heterocycles. The van der Waals surface area contributed by atoms with E-state index in [0.29, 0.717) is 10.5 Å². The molecule has 27 heavy (non-hydrogen) atoms. The Hall–Kier alpha value is -2.70. The van der Waals surface area contributed by atoms with Gasteiger partial charge >= 0.3 is 0 Å². The van der Waals surface area contributed by atoms with Gasteiger partial charge in [-0.15, -0.1) is 11.3 Å². The number of hydrogen-bond donors (Lipinski definition) is 1. The standard InChI is InChI=1S/C21H18N2O2S2/c1-25-16-7-8-18-17(12-16)15(13-22-18)11-19-20(24)23(21(26)27-19)10-9-14-5-3-2-4-6-14/h2-8,11-13,24H,9-10H2,1H3/b15-11-. The first kappa shape index (κ1) is 17.7. The molecule has 0 bridgehead atoms. The third-order valence-electron chi connectivity index (χ3n) is 4.50. The molecule has 0 fully saturated rings. The Morgan fingerprint density at radius 3 is 2.81 bits per heavy atom.